The topological polar surface area (TPSA) is 44.8 Å². The molecule has 0 aromatic heterocycles. The molecule has 3 aliphatic rings. The number of carbonyl (C=O) groups is 1. The monoisotopic (exact) mass is 323 g/mol. The van der Waals surface area contributed by atoms with Crippen molar-refractivity contribution in [1.82, 2.24) is 15.1 Å². The minimum Gasteiger partial charge on any atom is -0.366 e. The average Bonchev–Trinajstić information content (AvgIpc) is 2.63. The molecule has 5 heteroatoms. The lowest BCUT2D eigenvalue weighted by Crippen LogP contribution is -2.56. The zero-order valence-corrected chi connectivity index (χ0v) is 14.6. The van der Waals surface area contributed by atoms with Crippen molar-refractivity contribution in [3.05, 3.63) is 0 Å². The van der Waals surface area contributed by atoms with Crippen molar-refractivity contribution < 1.29 is 9.53 Å². The number of ether oxygens (including phenoxy) is 1. The molecule has 2 aliphatic heterocycles. The smallest absolute Gasteiger partial charge is 0.250 e. The van der Waals surface area contributed by atoms with Crippen molar-refractivity contribution in [2.45, 2.75) is 70.1 Å². The van der Waals surface area contributed by atoms with Crippen molar-refractivity contribution in [1.29, 1.82) is 0 Å². The van der Waals surface area contributed by atoms with E-state index in [1.165, 1.54) is 45.1 Å². The van der Waals surface area contributed by atoms with E-state index in [1.54, 1.807) is 0 Å². The van der Waals surface area contributed by atoms with Crippen molar-refractivity contribution >= 4 is 5.91 Å². The number of rotatable bonds is 4. The molecule has 5 nitrogen and oxygen atoms in total. The Labute approximate surface area is 140 Å². The Kier molecular flexibility index (Phi) is 6.31. The molecule has 0 aromatic rings. The van der Waals surface area contributed by atoms with E-state index in [9.17, 15) is 4.79 Å². The maximum Gasteiger partial charge on any atom is 0.250 e. The standard InChI is InChI=1S/C18H33N3O2/c1-2-20-11-12-23-17(14-20)18(22)19-15-7-6-10-21(13-15)16-8-4-3-5-9-16/h15-17H,2-14H2,1H3,(H,19,22)/t15-,17-/m1/s1. The quantitative estimate of drug-likeness (QED) is 0.854. The van der Waals surface area contributed by atoms with Gasteiger partial charge in [-0.15, -0.1) is 0 Å². The fraction of sp³-hybridized carbons (Fsp3) is 0.944. The molecule has 1 N–H and O–H groups in total. The van der Waals surface area contributed by atoms with E-state index in [0.717, 1.165) is 38.6 Å². The highest BCUT2D eigenvalue weighted by atomic mass is 16.5. The lowest BCUT2D eigenvalue weighted by Gasteiger charge is -2.40. The Morgan fingerprint density at radius 1 is 1.09 bits per heavy atom. The van der Waals surface area contributed by atoms with Gasteiger partial charge in [0.15, 0.2) is 0 Å². The van der Waals surface area contributed by atoms with Gasteiger partial charge in [-0.25, -0.2) is 0 Å². The second-order valence-corrected chi connectivity index (χ2v) is 7.39. The number of likely N-dealkylation sites (N-methyl/N-ethyl adjacent to an activating group) is 1. The third kappa shape index (κ3) is 4.68. The number of nitrogens with one attached hydrogen (secondary N) is 1. The van der Waals surface area contributed by atoms with E-state index in [0.29, 0.717) is 12.6 Å². The Morgan fingerprint density at radius 2 is 1.91 bits per heavy atom. The van der Waals surface area contributed by atoms with Gasteiger partial charge < -0.3 is 10.1 Å². The van der Waals surface area contributed by atoms with E-state index in [-0.39, 0.29) is 12.0 Å². The van der Waals surface area contributed by atoms with Crippen molar-refractivity contribution in [3.63, 3.8) is 0 Å². The largest absolute Gasteiger partial charge is 0.366 e. The number of nitrogens with zero attached hydrogens (tertiary/aromatic N) is 2. The van der Waals surface area contributed by atoms with Crippen LogP contribution in [0.3, 0.4) is 0 Å². The molecule has 0 spiro atoms. The highest BCUT2D eigenvalue weighted by molar-refractivity contribution is 5.81. The van der Waals surface area contributed by atoms with Crippen LogP contribution in [0.2, 0.25) is 0 Å². The van der Waals surface area contributed by atoms with Gasteiger partial charge in [-0.05, 0) is 38.8 Å². The summed E-state index contributed by atoms with van der Waals surface area (Å²) < 4.78 is 5.69. The molecule has 2 heterocycles. The first-order valence-electron chi connectivity index (χ1n) is 9.64. The van der Waals surface area contributed by atoms with Crippen LogP contribution in [0, 0.1) is 0 Å². The molecule has 23 heavy (non-hydrogen) atoms. The Hall–Kier alpha value is -0.650. The first kappa shape index (κ1) is 17.2. The first-order valence-corrected chi connectivity index (χ1v) is 9.64. The molecule has 3 rings (SSSR count). The predicted molar refractivity (Wildman–Crippen MR) is 91.5 cm³/mol. The van der Waals surface area contributed by atoms with Crippen LogP contribution >= 0.6 is 0 Å². The summed E-state index contributed by atoms with van der Waals surface area (Å²) in [7, 11) is 0. The Balaban J connectivity index is 1.47. The number of piperidine rings is 1. The summed E-state index contributed by atoms with van der Waals surface area (Å²) in [6.45, 7) is 7.72. The van der Waals surface area contributed by atoms with Crippen molar-refractivity contribution in [2.24, 2.45) is 0 Å². The van der Waals surface area contributed by atoms with Gasteiger partial charge in [0.2, 0.25) is 0 Å². The Morgan fingerprint density at radius 3 is 2.70 bits per heavy atom. The van der Waals surface area contributed by atoms with Gasteiger partial charge in [-0.3, -0.25) is 14.6 Å². The second kappa shape index (κ2) is 8.45. The summed E-state index contributed by atoms with van der Waals surface area (Å²) >= 11 is 0. The molecule has 3 fully saturated rings. The Bertz CT molecular complexity index is 384. The normalized spacial score (nSPS) is 31.9. The minimum atomic E-state index is -0.284. The van der Waals surface area contributed by atoms with Crippen LogP contribution < -0.4 is 5.32 Å². The van der Waals surface area contributed by atoms with E-state index >= 15 is 0 Å². The van der Waals surface area contributed by atoms with Crippen LogP contribution in [-0.4, -0.2) is 73.2 Å². The summed E-state index contributed by atoms with van der Waals surface area (Å²) in [6.07, 6.45) is 8.87. The van der Waals surface area contributed by atoms with E-state index in [2.05, 4.69) is 22.0 Å². The molecular weight excluding hydrogens is 290 g/mol. The molecule has 1 aliphatic carbocycles. The maximum absolute atomic E-state index is 12.5. The molecular formula is C18H33N3O2. The fourth-order valence-corrected chi connectivity index (χ4v) is 4.34. The number of morpholine rings is 1. The number of hydrogen-bond donors (Lipinski definition) is 1. The van der Waals surface area contributed by atoms with Crippen LogP contribution in [0.5, 0.6) is 0 Å². The van der Waals surface area contributed by atoms with Crippen LogP contribution in [0.4, 0.5) is 0 Å². The van der Waals surface area contributed by atoms with E-state index in [4.69, 9.17) is 4.74 Å². The number of amides is 1. The van der Waals surface area contributed by atoms with Crippen molar-refractivity contribution in [2.75, 3.05) is 39.3 Å². The zero-order valence-electron chi connectivity index (χ0n) is 14.6. The summed E-state index contributed by atoms with van der Waals surface area (Å²) in [6, 6.07) is 1.06. The van der Waals surface area contributed by atoms with Gasteiger partial charge in [-0.2, -0.15) is 0 Å². The molecule has 2 atom stereocenters. The highest BCUT2D eigenvalue weighted by Gasteiger charge is 2.31. The van der Waals surface area contributed by atoms with Gasteiger partial charge in [0, 0.05) is 31.7 Å². The molecule has 2 saturated heterocycles. The lowest BCUT2D eigenvalue weighted by atomic mass is 9.92. The van der Waals surface area contributed by atoms with Gasteiger partial charge >= 0.3 is 0 Å². The third-order valence-corrected chi connectivity index (χ3v) is 5.78. The van der Waals surface area contributed by atoms with Crippen LogP contribution in [0.15, 0.2) is 0 Å². The summed E-state index contributed by atoms with van der Waals surface area (Å²) in [4.78, 5) is 17.5. The molecule has 0 bridgehead atoms. The number of likely N-dealkylation sites (tertiary alicyclic amines) is 1. The summed E-state index contributed by atoms with van der Waals surface area (Å²) in [5.41, 5.74) is 0. The zero-order chi connectivity index (χ0) is 16.1. The fourth-order valence-electron chi connectivity index (χ4n) is 4.34. The molecule has 132 valence electrons. The maximum atomic E-state index is 12.5. The summed E-state index contributed by atoms with van der Waals surface area (Å²) in [5, 5.41) is 3.27. The third-order valence-electron chi connectivity index (χ3n) is 5.78. The second-order valence-electron chi connectivity index (χ2n) is 7.39. The highest BCUT2D eigenvalue weighted by Crippen LogP contribution is 2.25. The van der Waals surface area contributed by atoms with Gasteiger partial charge in [0.05, 0.1) is 6.61 Å². The van der Waals surface area contributed by atoms with Gasteiger partial charge in [0.25, 0.3) is 5.91 Å². The molecule has 0 radical (unpaired) electrons. The number of hydrogen-bond acceptors (Lipinski definition) is 4. The van der Waals surface area contributed by atoms with Crippen LogP contribution in [0.25, 0.3) is 0 Å². The van der Waals surface area contributed by atoms with E-state index < -0.39 is 0 Å². The van der Waals surface area contributed by atoms with Crippen LogP contribution in [0.1, 0.15) is 51.9 Å². The molecule has 0 unspecified atom stereocenters. The van der Waals surface area contributed by atoms with Crippen molar-refractivity contribution in [3.8, 4) is 0 Å². The lowest BCUT2D eigenvalue weighted by molar-refractivity contribution is -0.139. The molecule has 1 saturated carbocycles. The number of carbonyl (C=O) groups excluding carboxylic acids is 1. The van der Waals surface area contributed by atoms with Crippen LogP contribution in [-0.2, 0) is 9.53 Å². The van der Waals surface area contributed by atoms with Gasteiger partial charge in [-0.1, -0.05) is 26.2 Å². The molecule has 0 aromatic carbocycles. The first-order chi connectivity index (χ1) is 11.3. The molecule has 1 amide bonds. The van der Waals surface area contributed by atoms with Gasteiger partial charge in [0.1, 0.15) is 6.10 Å². The predicted octanol–water partition coefficient (Wildman–Crippen LogP) is 1.62. The minimum absolute atomic E-state index is 0.0960. The SMILES string of the molecule is CCN1CCO[C@@H](C(=O)N[C@@H]2CCCN(C3CCCCC3)C2)C1. The summed E-state index contributed by atoms with van der Waals surface area (Å²) in [5.74, 6) is 0.0960. The average molecular weight is 323 g/mol. The van der Waals surface area contributed by atoms with E-state index in [1.807, 2.05) is 0 Å².